The molecule has 0 atom stereocenters. The van der Waals surface area contributed by atoms with E-state index < -0.39 is 0 Å². The average Bonchev–Trinajstić information content (AvgIpc) is 3.04. The number of amides is 1. The van der Waals surface area contributed by atoms with Gasteiger partial charge in [0.05, 0.1) is 17.2 Å². The third-order valence-electron chi connectivity index (χ3n) is 2.88. The lowest BCUT2D eigenvalue weighted by Gasteiger charge is -2.23. The molecule has 1 aliphatic rings. The summed E-state index contributed by atoms with van der Waals surface area (Å²) in [6.07, 6.45) is 3.80. The topological polar surface area (TPSA) is 38.8 Å². The predicted octanol–water partition coefficient (Wildman–Crippen LogP) is 6.21. The van der Waals surface area contributed by atoms with Gasteiger partial charge < -0.3 is 14.4 Å². The van der Waals surface area contributed by atoms with Gasteiger partial charge in [0.1, 0.15) is 11.4 Å². The van der Waals surface area contributed by atoms with Gasteiger partial charge in [0.15, 0.2) is 0 Å². The molecule has 25 heavy (non-hydrogen) atoms. The number of carbonyl (C=O) groups is 1. The highest BCUT2D eigenvalue weighted by Crippen LogP contribution is 2.25. The van der Waals surface area contributed by atoms with Crippen LogP contribution in [0.2, 0.25) is 10.0 Å². The van der Waals surface area contributed by atoms with Crippen molar-refractivity contribution in [2.24, 2.45) is 0 Å². The van der Waals surface area contributed by atoms with Crippen LogP contribution in [0.5, 0.6) is 5.75 Å². The predicted molar refractivity (Wildman–Crippen MR) is 106 cm³/mol. The van der Waals surface area contributed by atoms with Gasteiger partial charge in [0.25, 0.3) is 0 Å². The van der Waals surface area contributed by atoms with Gasteiger partial charge in [0, 0.05) is 19.2 Å². The van der Waals surface area contributed by atoms with Crippen LogP contribution in [0.3, 0.4) is 0 Å². The van der Waals surface area contributed by atoms with Gasteiger partial charge in [-0.25, -0.2) is 4.79 Å². The molecule has 1 aromatic rings. The first kappa shape index (κ1) is 23.6. The number of allylic oxidation sites excluding steroid dienone is 1. The fourth-order valence-corrected chi connectivity index (χ4v) is 2.12. The normalized spacial score (nSPS) is 13.0. The van der Waals surface area contributed by atoms with Crippen LogP contribution < -0.4 is 4.74 Å². The molecule has 1 amide bonds. The van der Waals surface area contributed by atoms with Gasteiger partial charge in [0.2, 0.25) is 0 Å². The second-order valence-electron chi connectivity index (χ2n) is 6.36. The van der Waals surface area contributed by atoms with E-state index in [4.69, 9.17) is 32.7 Å². The Balaban J connectivity index is 0.000000403. The molecule has 0 saturated carbocycles. The Labute approximate surface area is 161 Å². The van der Waals surface area contributed by atoms with Crippen molar-refractivity contribution in [3.8, 4) is 5.75 Å². The van der Waals surface area contributed by atoms with Crippen LogP contribution in [0.15, 0.2) is 30.9 Å². The van der Waals surface area contributed by atoms with E-state index in [1.54, 1.807) is 36.3 Å². The first-order chi connectivity index (χ1) is 11.6. The van der Waals surface area contributed by atoms with E-state index in [1.165, 1.54) is 0 Å². The number of ether oxygens (including phenoxy) is 2. The molecule has 4 nitrogen and oxygen atoms in total. The fourth-order valence-electron chi connectivity index (χ4n) is 1.83. The molecular formula is C19H29Cl2NO3. The summed E-state index contributed by atoms with van der Waals surface area (Å²) in [6.45, 7) is 12.6. The highest BCUT2D eigenvalue weighted by Gasteiger charge is 2.23. The minimum atomic E-state index is -0.361. The van der Waals surface area contributed by atoms with Crippen LogP contribution in [-0.4, -0.2) is 36.8 Å². The van der Waals surface area contributed by atoms with Gasteiger partial charge in [-0.3, -0.25) is 0 Å². The van der Waals surface area contributed by atoms with Crippen molar-refractivity contribution in [1.82, 2.24) is 4.90 Å². The molecule has 0 spiro atoms. The quantitative estimate of drug-likeness (QED) is 0.535. The van der Waals surface area contributed by atoms with Crippen LogP contribution in [0, 0.1) is 0 Å². The summed E-state index contributed by atoms with van der Waals surface area (Å²) in [5, 5.41) is 1.06. The zero-order valence-electron chi connectivity index (χ0n) is 15.8. The maximum Gasteiger partial charge on any atom is 0.410 e. The molecule has 1 aliphatic heterocycles. The Bertz CT molecular complexity index is 536. The summed E-state index contributed by atoms with van der Waals surface area (Å²) in [6, 6.07) is 5.13. The lowest BCUT2D eigenvalue weighted by atomic mass is 10.2. The number of rotatable bonds is 1. The largest absolute Gasteiger partial charge is 0.497 e. The number of methoxy groups -OCH3 is 1. The summed E-state index contributed by atoms with van der Waals surface area (Å²) in [5.41, 5.74) is -0.361. The molecule has 6 heteroatoms. The number of likely N-dealkylation sites (tertiary alicyclic amines) is 1. The lowest BCUT2D eigenvalue weighted by molar-refractivity contribution is 0.0295. The minimum absolute atomic E-state index is 0.167. The summed E-state index contributed by atoms with van der Waals surface area (Å²) >= 11 is 11.3. The first-order valence-corrected chi connectivity index (χ1v) is 8.94. The van der Waals surface area contributed by atoms with E-state index in [0.717, 1.165) is 31.7 Å². The van der Waals surface area contributed by atoms with Crippen molar-refractivity contribution in [3.63, 3.8) is 0 Å². The molecule has 0 aromatic heterocycles. The van der Waals surface area contributed by atoms with Crippen molar-refractivity contribution in [3.05, 3.63) is 40.9 Å². The van der Waals surface area contributed by atoms with Crippen molar-refractivity contribution >= 4 is 29.3 Å². The molecular weight excluding hydrogens is 361 g/mol. The molecule has 0 N–H and O–H groups in total. The Morgan fingerprint density at radius 3 is 2.12 bits per heavy atom. The highest BCUT2D eigenvalue weighted by atomic mass is 35.5. The second-order valence-corrected chi connectivity index (χ2v) is 7.18. The molecule has 0 bridgehead atoms. The van der Waals surface area contributed by atoms with Crippen molar-refractivity contribution < 1.29 is 14.3 Å². The summed E-state index contributed by atoms with van der Waals surface area (Å²) in [5.74, 6) is 0.717. The standard InChI is InChI=1S/C9H17NO2.C7H6Cl2O.C3H6/c1-9(2,3)12-8(11)10-6-4-5-7-10;1-10-5-2-3-6(8)7(9)4-5;1-3-2/h4-7H2,1-3H3;2-4H,1H3;3H,1H2,2H3. The van der Waals surface area contributed by atoms with Crippen molar-refractivity contribution in [2.75, 3.05) is 20.2 Å². The third kappa shape index (κ3) is 11.0. The smallest absolute Gasteiger partial charge is 0.410 e. The van der Waals surface area contributed by atoms with E-state index in [-0.39, 0.29) is 11.7 Å². The molecule has 142 valence electrons. The number of nitrogens with zero attached hydrogens (tertiary/aromatic N) is 1. The minimum Gasteiger partial charge on any atom is -0.497 e. The Morgan fingerprint density at radius 1 is 1.20 bits per heavy atom. The zero-order chi connectivity index (χ0) is 19.5. The number of halogens is 2. The maximum absolute atomic E-state index is 11.4. The van der Waals surface area contributed by atoms with Crippen LogP contribution in [0.25, 0.3) is 0 Å². The van der Waals surface area contributed by atoms with E-state index in [2.05, 4.69) is 6.58 Å². The Kier molecular flexibility index (Phi) is 11.4. The van der Waals surface area contributed by atoms with Gasteiger partial charge in [-0.15, -0.1) is 6.58 Å². The van der Waals surface area contributed by atoms with E-state index >= 15 is 0 Å². The Morgan fingerprint density at radius 2 is 1.72 bits per heavy atom. The average molecular weight is 390 g/mol. The van der Waals surface area contributed by atoms with Crippen LogP contribution in [0.4, 0.5) is 4.79 Å². The third-order valence-corrected chi connectivity index (χ3v) is 3.62. The van der Waals surface area contributed by atoms with Gasteiger partial charge in [-0.1, -0.05) is 29.3 Å². The first-order valence-electron chi connectivity index (χ1n) is 8.18. The fraction of sp³-hybridized carbons (Fsp3) is 0.526. The summed E-state index contributed by atoms with van der Waals surface area (Å²) < 4.78 is 10.1. The zero-order valence-corrected chi connectivity index (χ0v) is 17.3. The van der Waals surface area contributed by atoms with Crippen LogP contribution >= 0.6 is 23.2 Å². The molecule has 1 fully saturated rings. The van der Waals surface area contributed by atoms with Gasteiger partial charge >= 0.3 is 6.09 Å². The molecule has 1 heterocycles. The van der Waals surface area contributed by atoms with Crippen molar-refractivity contribution in [2.45, 2.75) is 46.1 Å². The summed E-state index contributed by atoms with van der Waals surface area (Å²) in [4.78, 5) is 13.1. The van der Waals surface area contributed by atoms with E-state index in [0.29, 0.717) is 10.0 Å². The molecule has 0 aliphatic carbocycles. The molecule has 1 aromatic carbocycles. The van der Waals surface area contributed by atoms with Crippen LogP contribution in [-0.2, 0) is 4.74 Å². The molecule has 1 saturated heterocycles. The SMILES string of the molecule is C=CC.CC(C)(C)OC(=O)N1CCCC1.COc1ccc(Cl)c(Cl)c1. The van der Waals surface area contributed by atoms with E-state index in [1.807, 2.05) is 27.7 Å². The lowest BCUT2D eigenvalue weighted by Crippen LogP contribution is -2.34. The highest BCUT2D eigenvalue weighted by molar-refractivity contribution is 6.42. The van der Waals surface area contributed by atoms with Gasteiger partial charge in [-0.05, 0) is 52.7 Å². The molecule has 0 radical (unpaired) electrons. The van der Waals surface area contributed by atoms with Crippen molar-refractivity contribution in [1.29, 1.82) is 0 Å². The maximum atomic E-state index is 11.4. The summed E-state index contributed by atoms with van der Waals surface area (Å²) in [7, 11) is 1.58. The monoisotopic (exact) mass is 389 g/mol. The number of hydrogen-bond acceptors (Lipinski definition) is 3. The van der Waals surface area contributed by atoms with E-state index in [9.17, 15) is 4.79 Å². The number of hydrogen-bond donors (Lipinski definition) is 0. The number of carbonyl (C=O) groups excluding carboxylic acids is 1. The Hall–Kier alpha value is -1.39. The molecule has 2 rings (SSSR count). The second kappa shape index (κ2) is 12.0. The number of benzene rings is 1. The van der Waals surface area contributed by atoms with Gasteiger partial charge in [-0.2, -0.15) is 0 Å². The molecule has 0 unspecified atom stereocenters. The van der Waals surface area contributed by atoms with Crippen LogP contribution in [0.1, 0.15) is 40.5 Å².